The van der Waals surface area contributed by atoms with Gasteiger partial charge < -0.3 is 14.7 Å². The molecular weight excluding hydrogens is 558 g/mol. The van der Waals surface area contributed by atoms with E-state index in [4.69, 9.17) is 4.74 Å². The summed E-state index contributed by atoms with van der Waals surface area (Å²) in [4.78, 5) is 1.20. The zero-order valence-electron chi connectivity index (χ0n) is 22.2. The van der Waals surface area contributed by atoms with Crippen LogP contribution in [0.3, 0.4) is 0 Å². The van der Waals surface area contributed by atoms with Crippen LogP contribution in [0.4, 0.5) is 40.8 Å². The average Bonchev–Trinajstić information content (AvgIpc) is 3.30. The second kappa shape index (κ2) is 11.2. The molecule has 222 valence electrons. The largest absolute Gasteiger partial charge is 0.458 e. The third kappa shape index (κ3) is 6.29. The van der Waals surface area contributed by atoms with Gasteiger partial charge in [0.1, 0.15) is 11.5 Å². The fourth-order valence-electron chi connectivity index (χ4n) is 5.12. The first-order chi connectivity index (χ1) is 19.0. The van der Waals surface area contributed by atoms with Crippen molar-refractivity contribution in [3.8, 4) is 11.5 Å². The highest BCUT2D eigenvalue weighted by Crippen LogP contribution is 2.48. The Hall–Kier alpha value is -3.34. The number of anilines is 1. The molecule has 1 N–H and O–H groups in total. The van der Waals surface area contributed by atoms with Crippen LogP contribution in [0, 0.1) is 0 Å². The predicted octanol–water partition coefficient (Wildman–Crippen LogP) is 9.11. The van der Waals surface area contributed by atoms with Crippen LogP contribution in [0.15, 0.2) is 72.8 Å². The Morgan fingerprint density at radius 3 is 2.15 bits per heavy atom. The SMILES string of the molecule is CC(C)c1cccc(Oc2cccc(N(Cc3cccc(C(F)(F)C(F)(F)F)c3)C3CCCC3(O)C(F)(F)F)c2)c1. The van der Waals surface area contributed by atoms with Gasteiger partial charge in [0.2, 0.25) is 0 Å². The van der Waals surface area contributed by atoms with Crippen molar-refractivity contribution < 1.29 is 45.0 Å². The van der Waals surface area contributed by atoms with Crippen molar-refractivity contribution >= 4 is 5.69 Å². The first-order valence-electron chi connectivity index (χ1n) is 13.0. The van der Waals surface area contributed by atoms with Crippen molar-refractivity contribution in [2.24, 2.45) is 0 Å². The third-order valence-electron chi connectivity index (χ3n) is 7.36. The van der Waals surface area contributed by atoms with E-state index in [0.717, 1.165) is 11.6 Å². The zero-order valence-corrected chi connectivity index (χ0v) is 22.2. The highest BCUT2D eigenvalue weighted by atomic mass is 19.4. The summed E-state index contributed by atoms with van der Waals surface area (Å²) in [5, 5.41) is 10.8. The lowest BCUT2D eigenvalue weighted by molar-refractivity contribution is -0.289. The van der Waals surface area contributed by atoms with E-state index in [9.17, 15) is 40.2 Å². The van der Waals surface area contributed by atoms with Gasteiger partial charge in [-0.1, -0.05) is 50.2 Å². The van der Waals surface area contributed by atoms with Crippen LogP contribution >= 0.6 is 0 Å². The van der Waals surface area contributed by atoms with Crippen LogP contribution in [0.1, 0.15) is 55.7 Å². The fourth-order valence-corrected chi connectivity index (χ4v) is 5.12. The summed E-state index contributed by atoms with van der Waals surface area (Å²) in [6, 6.07) is 15.2. The molecule has 1 fully saturated rings. The Kier molecular flexibility index (Phi) is 8.33. The van der Waals surface area contributed by atoms with E-state index in [0.29, 0.717) is 17.9 Å². The van der Waals surface area contributed by atoms with Gasteiger partial charge in [-0.15, -0.1) is 0 Å². The summed E-state index contributed by atoms with van der Waals surface area (Å²) in [6.45, 7) is 3.53. The summed E-state index contributed by atoms with van der Waals surface area (Å²) in [7, 11) is 0. The van der Waals surface area contributed by atoms with Crippen molar-refractivity contribution in [3.05, 3.63) is 89.5 Å². The lowest BCUT2D eigenvalue weighted by Crippen LogP contribution is -2.57. The van der Waals surface area contributed by atoms with Crippen LogP contribution in [-0.2, 0) is 12.5 Å². The van der Waals surface area contributed by atoms with E-state index in [2.05, 4.69) is 0 Å². The highest BCUT2D eigenvalue weighted by molar-refractivity contribution is 5.54. The van der Waals surface area contributed by atoms with Gasteiger partial charge >= 0.3 is 18.3 Å². The van der Waals surface area contributed by atoms with Gasteiger partial charge in [0.15, 0.2) is 5.60 Å². The Morgan fingerprint density at radius 1 is 0.878 bits per heavy atom. The van der Waals surface area contributed by atoms with Crippen LogP contribution in [0.5, 0.6) is 11.5 Å². The van der Waals surface area contributed by atoms with E-state index in [1.54, 1.807) is 18.2 Å². The molecule has 11 heteroatoms. The first kappa shape index (κ1) is 30.6. The Bertz CT molecular complexity index is 1350. The van der Waals surface area contributed by atoms with Crippen molar-refractivity contribution in [1.82, 2.24) is 0 Å². The number of aliphatic hydroxyl groups is 1. The maximum Gasteiger partial charge on any atom is 0.458 e. The number of rotatable bonds is 8. The van der Waals surface area contributed by atoms with Crippen LogP contribution in [0.2, 0.25) is 0 Å². The number of hydrogen-bond donors (Lipinski definition) is 1. The second-order valence-corrected chi connectivity index (χ2v) is 10.6. The van der Waals surface area contributed by atoms with Gasteiger partial charge in [-0.3, -0.25) is 0 Å². The molecule has 0 amide bonds. The molecule has 1 saturated carbocycles. The monoisotopic (exact) mass is 587 g/mol. The quantitative estimate of drug-likeness (QED) is 0.267. The lowest BCUT2D eigenvalue weighted by atomic mass is 9.94. The maximum atomic E-state index is 14.1. The minimum atomic E-state index is -5.86. The molecule has 0 radical (unpaired) electrons. The minimum Gasteiger partial charge on any atom is -0.457 e. The smallest absolute Gasteiger partial charge is 0.457 e. The number of halogens is 8. The molecule has 4 rings (SSSR count). The molecule has 0 spiro atoms. The predicted molar refractivity (Wildman–Crippen MR) is 138 cm³/mol. The Balaban J connectivity index is 1.74. The van der Waals surface area contributed by atoms with Crippen LogP contribution in [0.25, 0.3) is 0 Å². The average molecular weight is 588 g/mol. The molecule has 3 aromatic carbocycles. The van der Waals surface area contributed by atoms with Gasteiger partial charge in [-0.2, -0.15) is 35.1 Å². The summed E-state index contributed by atoms with van der Waals surface area (Å²) in [5.41, 5.74) is -3.37. The highest BCUT2D eigenvalue weighted by Gasteiger charge is 2.62. The Morgan fingerprint density at radius 2 is 1.51 bits per heavy atom. The molecule has 1 aliphatic carbocycles. The van der Waals surface area contributed by atoms with Crippen molar-refractivity contribution in [2.45, 2.75) is 75.5 Å². The molecule has 3 aromatic rings. The number of nitrogens with zero attached hydrogens (tertiary/aromatic N) is 1. The second-order valence-electron chi connectivity index (χ2n) is 10.6. The molecule has 0 saturated heterocycles. The summed E-state index contributed by atoms with van der Waals surface area (Å²) in [6.07, 6.45) is -11.5. The van der Waals surface area contributed by atoms with Gasteiger partial charge in [0, 0.05) is 23.9 Å². The standard InChI is InChI=1S/C30H29F8NO2/c1-19(2)21-8-4-11-24(16-21)41-25-12-5-10-23(17-25)39(26-13-6-14-27(26,40)29(33,34)35)18-20-7-3-9-22(15-20)28(31,32)30(36,37)38/h3-5,7-12,15-17,19,26,40H,6,13-14,18H2,1-2H3. The van der Waals surface area contributed by atoms with Gasteiger partial charge in [0.25, 0.3) is 0 Å². The fraction of sp³-hybridized carbons (Fsp3) is 0.400. The van der Waals surface area contributed by atoms with Crippen LogP contribution in [-0.4, -0.2) is 29.1 Å². The van der Waals surface area contributed by atoms with E-state index in [1.165, 1.54) is 29.2 Å². The van der Waals surface area contributed by atoms with Gasteiger partial charge in [0.05, 0.1) is 6.04 Å². The normalized spacial score (nSPS) is 20.0. The van der Waals surface area contributed by atoms with E-state index in [1.807, 2.05) is 26.0 Å². The van der Waals surface area contributed by atoms with Crippen molar-refractivity contribution in [3.63, 3.8) is 0 Å². The molecule has 3 nitrogen and oxygen atoms in total. The molecule has 0 aromatic heterocycles. The minimum absolute atomic E-state index is 0.0293. The molecule has 2 unspecified atom stereocenters. The Labute approximate surface area is 232 Å². The number of alkyl halides is 8. The zero-order chi connectivity index (χ0) is 30.2. The van der Waals surface area contributed by atoms with E-state index in [-0.39, 0.29) is 35.8 Å². The molecule has 41 heavy (non-hydrogen) atoms. The third-order valence-corrected chi connectivity index (χ3v) is 7.36. The molecule has 0 heterocycles. The van der Waals surface area contributed by atoms with Crippen molar-refractivity contribution in [1.29, 1.82) is 0 Å². The summed E-state index contributed by atoms with van der Waals surface area (Å²) >= 11 is 0. The molecule has 0 bridgehead atoms. The topological polar surface area (TPSA) is 32.7 Å². The van der Waals surface area contributed by atoms with Gasteiger partial charge in [-0.25, -0.2) is 0 Å². The summed E-state index contributed by atoms with van der Waals surface area (Å²) in [5.74, 6) is -4.20. The summed E-state index contributed by atoms with van der Waals surface area (Å²) < 4.78 is 115. The molecule has 0 aliphatic heterocycles. The van der Waals surface area contributed by atoms with Crippen molar-refractivity contribution in [2.75, 3.05) is 4.90 Å². The first-order valence-corrected chi connectivity index (χ1v) is 13.0. The number of hydrogen-bond acceptors (Lipinski definition) is 3. The molecule has 2 atom stereocenters. The molecular formula is C30H29F8NO2. The lowest BCUT2D eigenvalue weighted by Gasteiger charge is -2.41. The maximum absolute atomic E-state index is 14.1. The number of benzene rings is 3. The van der Waals surface area contributed by atoms with Crippen LogP contribution < -0.4 is 9.64 Å². The van der Waals surface area contributed by atoms with E-state index >= 15 is 0 Å². The van der Waals surface area contributed by atoms with Gasteiger partial charge in [-0.05, 0) is 66.6 Å². The number of ether oxygens (including phenoxy) is 1. The van der Waals surface area contributed by atoms with E-state index < -0.39 is 48.4 Å². The molecule has 1 aliphatic rings.